The Balaban J connectivity index is 1.49. The first-order chi connectivity index (χ1) is 14.0. The lowest BCUT2D eigenvalue weighted by atomic mass is 9.73. The number of amides is 2. The van der Waals surface area contributed by atoms with Crippen molar-refractivity contribution in [3.63, 3.8) is 0 Å². The Morgan fingerprint density at radius 3 is 2.76 bits per heavy atom. The lowest BCUT2D eigenvalue weighted by molar-refractivity contribution is -0.139. The summed E-state index contributed by atoms with van der Waals surface area (Å²) in [5, 5.41) is 0. The average molecular weight is 393 g/mol. The highest BCUT2D eigenvalue weighted by Gasteiger charge is 2.43. The molecule has 7 heteroatoms. The smallest absolute Gasteiger partial charge is 0.255 e. The molecule has 2 saturated heterocycles. The topological polar surface area (TPSA) is 79.3 Å². The van der Waals surface area contributed by atoms with Crippen molar-refractivity contribution in [2.75, 3.05) is 19.6 Å². The van der Waals surface area contributed by atoms with Gasteiger partial charge in [-0.2, -0.15) is 0 Å². The normalized spacial score (nSPS) is 22.2. The maximum absolute atomic E-state index is 13.1. The molecule has 2 aliphatic heterocycles. The lowest BCUT2D eigenvalue weighted by Gasteiger charge is -2.48. The molecule has 152 valence electrons. The number of carbonyl (C=O) groups excluding carboxylic acids is 2. The van der Waals surface area contributed by atoms with E-state index in [1.54, 1.807) is 18.6 Å². The summed E-state index contributed by atoms with van der Waals surface area (Å²) in [6.45, 7) is 6.35. The molecule has 7 nitrogen and oxygen atoms in total. The number of likely N-dealkylation sites (tertiary alicyclic amines) is 2. The zero-order chi connectivity index (χ0) is 20.4. The lowest BCUT2D eigenvalue weighted by Crippen LogP contribution is -2.55. The SMILES string of the molecule is Cc1cnc(CN2C[C@]3(CCCN(C(=O)c4cccnc4C)C3)CCC2=O)cn1. The van der Waals surface area contributed by atoms with E-state index in [9.17, 15) is 9.59 Å². The minimum atomic E-state index is -0.0456. The average Bonchev–Trinajstić information content (AvgIpc) is 2.73. The van der Waals surface area contributed by atoms with Gasteiger partial charge in [-0.15, -0.1) is 0 Å². The number of nitrogens with zero attached hydrogens (tertiary/aromatic N) is 5. The van der Waals surface area contributed by atoms with Crippen LogP contribution in [0.4, 0.5) is 0 Å². The second-order valence-corrected chi connectivity index (χ2v) is 8.37. The van der Waals surface area contributed by atoms with Crippen LogP contribution in [0.15, 0.2) is 30.7 Å². The fourth-order valence-corrected chi connectivity index (χ4v) is 4.54. The largest absolute Gasteiger partial charge is 0.338 e. The molecule has 2 amide bonds. The predicted octanol–water partition coefficient (Wildman–Crippen LogP) is 2.53. The first-order valence-electron chi connectivity index (χ1n) is 10.2. The van der Waals surface area contributed by atoms with Crippen molar-refractivity contribution in [1.82, 2.24) is 24.8 Å². The van der Waals surface area contributed by atoms with Gasteiger partial charge in [-0.3, -0.25) is 24.5 Å². The van der Waals surface area contributed by atoms with E-state index in [-0.39, 0.29) is 17.2 Å². The summed E-state index contributed by atoms with van der Waals surface area (Å²) >= 11 is 0. The molecule has 1 spiro atoms. The standard InChI is InChI=1S/C22H27N5O2/c1-16-11-25-18(12-24-16)13-27-15-22(8-6-20(27)28)7-4-10-26(14-22)21(29)19-5-3-9-23-17(19)2/h3,5,9,11-12H,4,6-8,10,13-15H2,1-2H3/t22-/m1/s1. The Hall–Kier alpha value is -2.83. The fourth-order valence-electron chi connectivity index (χ4n) is 4.54. The van der Waals surface area contributed by atoms with Crippen molar-refractivity contribution >= 4 is 11.8 Å². The number of rotatable bonds is 3. The molecule has 4 rings (SSSR count). The second-order valence-electron chi connectivity index (χ2n) is 8.37. The number of hydrogen-bond acceptors (Lipinski definition) is 5. The van der Waals surface area contributed by atoms with Gasteiger partial charge < -0.3 is 9.80 Å². The number of hydrogen-bond donors (Lipinski definition) is 0. The molecule has 0 saturated carbocycles. The van der Waals surface area contributed by atoms with Gasteiger partial charge in [0.05, 0.1) is 29.7 Å². The quantitative estimate of drug-likeness (QED) is 0.801. The van der Waals surface area contributed by atoms with Crippen molar-refractivity contribution in [3.8, 4) is 0 Å². The van der Waals surface area contributed by atoms with Crippen molar-refractivity contribution in [2.24, 2.45) is 5.41 Å². The molecule has 0 unspecified atom stereocenters. The Bertz CT molecular complexity index is 914. The summed E-state index contributed by atoms with van der Waals surface area (Å²) in [6, 6.07) is 3.66. The predicted molar refractivity (Wildman–Crippen MR) is 108 cm³/mol. The minimum absolute atomic E-state index is 0.0440. The van der Waals surface area contributed by atoms with Crippen LogP contribution in [0, 0.1) is 19.3 Å². The van der Waals surface area contributed by atoms with E-state index in [2.05, 4.69) is 15.0 Å². The fraction of sp³-hybridized carbons (Fsp3) is 0.500. The number of aryl methyl sites for hydroxylation is 2. The molecule has 0 radical (unpaired) electrons. The van der Waals surface area contributed by atoms with Crippen molar-refractivity contribution < 1.29 is 9.59 Å². The molecule has 2 aromatic rings. The summed E-state index contributed by atoms with van der Waals surface area (Å²) in [5.41, 5.74) is 3.05. The van der Waals surface area contributed by atoms with E-state index in [0.717, 1.165) is 42.9 Å². The summed E-state index contributed by atoms with van der Waals surface area (Å²) in [5.74, 6) is 0.201. The van der Waals surface area contributed by atoms with Crippen LogP contribution in [-0.2, 0) is 11.3 Å². The van der Waals surface area contributed by atoms with Crippen LogP contribution in [-0.4, -0.2) is 56.2 Å². The van der Waals surface area contributed by atoms with Crippen LogP contribution in [0.2, 0.25) is 0 Å². The highest BCUT2D eigenvalue weighted by Crippen LogP contribution is 2.39. The summed E-state index contributed by atoms with van der Waals surface area (Å²) in [7, 11) is 0. The van der Waals surface area contributed by atoms with Gasteiger partial charge in [0.25, 0.3) is 5.91 Å². The third kappa shape index (κ3) is 4.13. The Morgan fingerprint density at radius 2 is 2.00 bits per heavy atom. The van der Waals surface area contributed by atoms with Crippen molar-refractivity contribution in [3.05, 3.63) is 53.4 Å². The molecule has 1 atom stereocenters. The van der Waals surface area contributed by atoms with Crippen LogP contribution in [0.25, 0.3) is 0 Å². The van der Waals surface area contributed by atoms with Gasteiger partial charge in [-0.05, 0) is 45.2 Å². The zero-order valence-electron chi connectivity index (χ0n) is 17.1. The third-order valence-corrected chi connectivity index (χ3v) is 6.12. The molecule has 2 fully saturated rings. The molecular weight excluding hydrogens is 366 g/mol. The summed E-state index contributed by atoms with van der Waals surface area (Å²) in [6.07, 6.45) is 8.53. The minimum Gasteiger partial charge on any atom is -0.338 e. The first-order valence-corrected chi connectivity index (χ1v) is 10.2. The van der Waals surface area contributed by atoms with Crippen LogP contribution < -0.4 is 0 Å². The second kappa shape index (κ2) is 7.89. The molecule has 29 heavy (non-hydrogen) atoms. The van der Waals surface area contributed by atoms with E-state index in [1.165, 1.54) is 0 Å². The van der Waals surface area contributed by atoms with E-state index in [1.807, 2.05) is 35.8 Å². The number of aromatic nitrogens is 3. The van der Waals surface area contributed by atoms with Gasteiger partial charge in [-0.1, -0.05) is 0 Å². The molecule has 2 aliphatic rings. The highest BCUT2D eigenvalue weighted by atomic mass is 16.2. The molecule has 2 aromatic heterocycles. The molecule has 0 bridgehead atoms. The van der Waals surface area contributed by atoms with E-state index in [4.69, 9.17) is 0 Å². The Morgan fingerprint density at radius 1 is 1.14 bits per heavy atom. The Kier molecular flexibility index (Phi) is 5.30. The number of carbonyl (C=O) groups is 2. The van der Waals surface area contributed by atoms with Gasteiger partial charge in [-0.25, -0.2) is 0 Å². The van der Waals surface area contributed by atoms with E-state index >= 15 is 0 Å². The summed E-state index contributed by atoms with van der Waals surface area (Å²) < 4.78 is 0. The van der Waals surface area contributed by atoms with Crippen LogP contribution in [0.3, 0.4) is 0 Å². The maximum Gasteiger partial charge on any atom is 0.255 e. The van der Waals surface area contributed by atoms with Crippen LogP contribution in [0.1, 0.15) is 53.1 Å². The van der Waals surface area contributed by atoms with Gasteiger partial charge in [0.2, 0.25) is 5.91 Å². The Labute approximate surface area is 171 Å². The maximum atomic E-state index is 13.1. The zero-order valence-corrected chi connectivity index (χ0v) is 17.1. The number of pyridine rings is 1. The monoisotopic (exact) mass is 393 g/mol. The van der Waals surface area contributed by atoms with E-state index < -0.39 is 0 Å². The van der Waals surface area contributed by atoms with Gasteiger partial charge in [0.15, 0.2) is 0 Å². The van der Waals surface area contributed by atoms with E-state index in [0.29, 0.717) is 31.6 Å². The van der Waals surface area contributed by atoms with Gasteiger partial charge >= 0.3 is 0 Å². The van der Waals surface area contributed by atoms with Gasteiger partial charge in [0, 0.05) is 49.6 Å². The van der Waals surface area contributed by atoms with Crippen LogP contribution in [0.5, 0.6) is 0 Å². The molecule has 0 N–H and O–H groups in total. The van der Waals surface area contributed by atoms with Crippen molar-refractivity contribution in [1.29, 1.82) is 0 Å². The third-order valence-electron chi connectivity index (χ3n) is 6.12. The number of piperidine rings is 2. The molecule has 0 aromatic carbocycles. The first kappa shape index (κ1) is 19.5. The van der Waals surface area contributed by atoms with Crippen molar-refractivity contribution in [2.45, 2.75) is 46.1 Å². The summed E-state index contributed by atoms with van der Waals surface area (Å²) in [4.78, 5) is 42.5. The highest BCUT2D eigenvalue weighted by molar-refractivity contribution is 5.95. The molecule has 0 aliphatic carbocycles. The molecular formula is C22H27N5O2. The van der Waals surface area contributed by atoms with Gasteiger partial charge in [0.1, 0.15) is 0 Å². The molecule has 4 heterocycles. The van der Waals surface area contributed by atoms with Crippen LogP contribution >= 0.6 is 0 Å².